The molecule has 0 aromatic carbocycles. The highest BCUT2D eigenvalue weighted by Crippen LogP contribution is 2.23. The third-order valence-corrected chi connectivity index (χ3v) is 4.00. The molecule has 0 saturated carbocycles. The maximum absolute atomic E-state index is 12.7. The molecule has 1 N–H and O–H groups in total. The molecule has 3 rings (SSSR count). The third kappa shape index (κ3) is 4.05. The monoisotopic (exact) mass is 348 g/mol. The first-order valence-electron chi connectivity index (χ1n) is 8.01. The van der Waals surface area contributed by atoms with Gasteiger partial charge in [0.15, 0.2) is 0 Å². The Hall–Kier alpha value is -2.68. The Labute approximate surface area is 143 Å². The van der Waals surface area contributed by atoms with Crippen molar-refractivity contribution < 1.29 is 18.8 Å². The van der Waals surface area contributed by atoms with Gasteiger partial charge in [0, 0.05) is 31.5 Å². The zero-order valence-corrected chi connectivity index (χ0v) is 14.2. The number of rotatable bonds is 5. The standard InChI is InChI=1S/C16H20N4O5/c1-10-17-12(8-14(21)18-10)13-9-24-6-5-20(13)16(22)4-3-11-7-15(23-2)19-25-11/h7-8,13H,3-6,9H2,1-2H3,(H,17,18,21)/t13-/m1/s1. The van der Waals surface area contributed by atoms with Crippen LogP contribution in [0.25, 0.3) is 0 Å². The van der Waals surface area contributed by atoms with E-state index in [4.69, 9.17) is 14.0 Å². The van der Waals surface area contributed by atoms with E-state index in [-0.39, 0.29) is 23.9 Å². The lowest BCUT2D eigenvalue weighted by Gasteiger charge is -2.35. The number of aromatic amines is 1. The fraction of sp³-hybridized carbons (Fsp3) is 0.500. The summed E-state index contributed by atoms with van der Waals surface area (Å²) in [6.45, 7) is 2.94. The summed E-state index contributed by atoms with van der Waals surface area (Å²) in [7, 11) is 1.50. The van der Waals surface area contributed by atoms with E-state index in [1.807, 2.05) is 0 Å². The van der Waals surface area contributed by atoms with E-state index in [1.165, 1.54) is 13.2 Å². The maximum Gasteiger partial charge on any atom is 0.254 e. The molecule has 0 aliphatic carbocycles. The normalized spacial score (nSPS) is 17.5. The van der Waals surface area contributed by atoms with Crippen LogP contribution in [-0.4, -0.2) is 52.8 Å². The Morgan fingerprint density at radius 1 is 1.48 bits per heavy atom. The van der Waals surface area contributed by atoms with Crippen molar-refractivity contribution in [3.05, 3.63) is 39.8 Å². The first-order valence-corrected chi connectivity index (χ1v) is 8.01. The van der Waals surface area contributed by atoms with Gasteiger partial charge >= 0.3 is 0 Å². The van der Waals surface area contributed by atoms with Gasteiger partial charge in [-0.3, -0.25) is 9.59 Å². The van der Waals surface area contributed by atoms with E-state index < -0.39 is 0 Å². The van der Waals surface area contributed by atoms with Crippen molar-refractivity contribution in [3.63, 3.8) is 0 Å². The number of hydrogen-bond acceptors (Lipinski definition) is 7. The molecular formula is C16H20N4O5. The number of carbonyl (C=O) groups excluding carboxylic acids is 1. The van der Waals surface area contributed by atoms with Crippen molar-refractivity contribution in [3.8, 4) is 5.88 Å². The minimum atomic E-state index is -0.369. The lowest BCUT2D eigenvalue weighted by Crippen LogP contribution is -2.44. The summed E-state index contributed by atoms with van der Waals surface area (Å²) in [5.41, 5.74) is 0.296. The largest absolute Gasteiger partial charge is 0.479 e. The molecular weight excluding hydrogens is 328 g/mol. The van der Waals surface area contributed by atoms with Gasteiger partial charge in [0.05, 0.1) is 32.1 Å². The highest BCUT2D eigenvalue weighted by Gasteiger charge is 2.30. The molecule has 1 aliphatic heterocycles. The van der Waals surface area contributed by atoms with Crippen LogP contribution in [0.3, 0.4) is 0 Å². The Kier molecular flexibility index (Phi) is 5.13. The van der Waals surface area contributed by atoms with Crippen molar-refractivity contribution in [1.29, 1.82) is 0 Å². The molecule has 0 radical (unpaired) electrons. The topological polar surface area (TPSA) is 111 Å². The molecule has 25 heavy (non-hydrogen) atoms. The van der Waals surface area contributed by atoms with Gasteiger partial charge in [0.1, 0.15) is 11.6 Å². The number of nitrogens with zero attached hydrogens (tertiary/aromatic N) is 3. The molecule has 9 nitrogen and oxygen atoms in total. The number of ether oxygens (including phenoxy) is 2. The second-order valence-electron chi connectivity index (χ2n) is 5.77. The van der Waals surface area contributed by atoms with Crippen molar-refractivity contribution >= 4 is 5.91 Å². The van der Waals surface area contributed by atoms with E-state index in [2.05, 4.69) is 15.1 Å². The van der Waals surface area contributed by atoms with E-state index in [9.17, 15) is 9.59 Å². The number of methoxy groups -OCH3 is 1. The van der Waals surface area contributed by atoms with Crippen LogP contribution in [0.2, 0.25) is 0 Å². The molecule has 1 atom stereocenters. The molecule has 2 aromatic heterocycles. The van der Waals surface area contributed by atoms with Crippen molar-refractivity contribution in [1.82, 2.24) is 20.0 Å². The first-order chi connectivity index (χ1) is 12.1. The van der Waals surface area contributed by atoms with E-state index >= 15 is 0 Å². The first kappa shape index (κ1) is 17.2. The van der Waals surface area contributed by atoms with Crippen molar-refractivity contribution in [2.45, 2.75) is 25.8 Å². The number of nitrogens with one attached hydrogen (secondary N) is 1. The molecule has 134 valence electrons. The maximum atomic E-state index is 12.7. The summed E-state index contributed by atoms with van der Waals surface area (Å²) in [5.74, 6) is 1.42. The SMILES string of the molecule is COc1cc(CCC(=O)N2CCOC[C@@H]2c2cc(=O)[nH]c(C)n2)on1. The molecule has 1 aliphatic rings. The van der Waals surface area contributed by atoms with Crippen molar-refractivity contribution in [2.75, 3.05) is 26.9 Å². The lowest BCUT2D eigenvalue weighted by molar-refractivity contribution is -0.140. The van der Waals surface area contributed by atoms with Gasteiger partial charge in [0.2, 0.25) is 5.91 Å². The number of hydrogen-bond donors (Lipinski definition) is 1. The van der Waals surface area contributed by atoms with Gasteiger partial charge in [0.25, 0.3) is 11.4 Å². The molecule has 2 aromatic rings. The van der Waals surface area contributed by atoms with Crippen LogP contribution >= 0.6 is 0 Å². The molecule has 0 bridgehead atoms. The number of carbonyl (C=O) groups is 1. The molecule has 1 amide bonds. The number of aromatic nitrogens is 3. The van der Waals surface area contributed by atoms with Crippen LogP contribution in [0.5, 0.6) is 5.88 Å². The van der Waals surface area contributed by atoms with E-state index in [1.54, 1.807) is 17.9 Å². The fourth-order valence-corrected chi connectivity index (χ4v) is 2.80. The molecule has 0 spiro atoms. The summed E-state index contributed by atoms with van der Waals surface area (Å²) >= 11 is 0. The predicted molar refractivity (Wildman–Crippen MR) is 86.2 cm³/mol. The zero-order valence-electron chi connectivity index (χ0n) is 14.2. The minimum absolute atomic E-state index is 0.0524. The summed E-state index contributed by atoms with van der Waals surface area (Å²) in [4.78, 5) is 33.0. The molecule has 1 fully saturated rings. The fourth-order valence-electron chi connectivity index (χ4n) is 2.80. The van der Waals surface area contributed by atoms with Gasteiger partial charge in [-0.2, -0.15) is 0 Å². The Morgan fingerprint density at radius 3 is 3.04 bits per heavy atom. The van der Waals surface area contributed by atoms with Gasteiger partial charge in [-0.05, 0) is 12.1 Å². The van der Waals surface area contributed by atoms with Crippen molar-refractivity contribution in [2.24, 2.45) is 0 Å². The number of aryl methyl sites for hydroxylation is 2. The van der Waals surface area contributed by atoms with Gasteiger partial charge in [-0.1, -0.05) is 0 Å². The van der Waals surface area contributed by atoms with Crippen LogP contribution < -0.4 is 10.3 Å². The van der Waals surface area contributed by atoms with Gasteiger partial charge in [-0.25, -0.2) is 4.98 Å². The van der Waals surface area contributed by atoms with Gasteiger partial charge in [-0.15, -0.1) is 0 Å². The molecule has 3 heterocycles. The van der Waals surface area contributed by atoms with Crippen LogP contribution in [0.15, 0.2) is 21.5 Å². The molecule has 0 unspecified atom stereocenters. The highest BCUT2D eigenvalue weighted by atomic mass is 16.5. The highest BCUT2D eigenvalue weighted by molar-refractivity contribution is 5.77. The Bertz CT molecular complexity index is 800. The minimum Gasteiger partial charge on any atom is -0.479 e. The van der Waals surface area contributed by atoms with Gasteiger partial charge < -0.3 is 23.9 Å². The average Bonchev–Trinajstić information content (AvgIpc) is 3.07. The summed E-state index contributed by atoms with van der Waals surface area (Å²) in [5, 5.41) is 3.72. The zero-order chi connectivity index (χ0) is 17.8. The Balaban J connectivity index is 1.71. The quantitative estimate of drug-likeness (QED) is 0.842. The number of morpholine rings is 1. The molecule has 1 saturated heterocycles. The number of amides is 1. The summed E-state index contributed by atoms with van der Waals surface area (Å²) < 4.78 is 15.6. The number of H-pyrrole nitrogens is 1. The molecule has 9 heteroatoms. The van der Waals surface area contributed by atoms with Crippen LogP contribution in [0, 0.1) is 6.92 Å². The van der Waals surface area contributed by atoms with Crippen LogP contribution in [-0.2, 0) is 16.0 Å². The summed E-state index contributed by atoms with van der Waals surface area (Å²) in [6, 6.07) is 2.70. The second kappa shape index (κ2) is 7.47. The average molecular weight is 348 g/mol. The van der Waals surface area contributed by atoms with E-state index in [0.717, 1.165) is 0 Å². The second-order valence-corrected chi connectivity index (χ2v) is 5.77. The third-order valence-electron chi connectivity index (χ3n) is 4.00. The Morgan fingerprint density at radius 2 is 2.32 bits per heavy atom. The van der Waals surface area contributed by atoms with Crippen LogP contribution in [0.1, 0.15) is 29.7 Å². The van der Waals surface area contributed by atoms with Crippen LogP contribution in [0.4, 0.5) is 0 Å². The lowest BCUT2D eigenvalue weighted by atomic mass is 10.1. The smallest absolute Gasteiger partial charge is 0.254 e. The summed E-state index contributed by atoms with van der Waals surface area (Å²) in [6.07, 6.45) is 0.679. The predicted octanol–water partition coefficient (Wildman–Crippen LogP) is 0.608. The van der Waals surface area contributed by atoms with E-state index in [0.29, 0.717) is 49.3 Å².